The second-order valence-corrected chi connectivity index (χ2v) is 5.49. The first kappa shape index (κ1) is 16.9. The highest BCUT2D eigenvalue weighted by molar-refractivity contribution is 6.31. The molecule has 2 heterocycles. The summed E-state index contributed by atoms with van der Waals surface area (Å²) < 4.78 is 2.98. The molecule has 2 rings (SSSR count). The van der Waals surface area contributed by atoms with Gasteiger partial charge >= 0.3 is 5.69 Å². The lowest BCUT2D eigenvalue weighted by Crippen LogP contribution is -2.34. The Morgan fingerprint density at radius 1 is 1.52 bits per heavy atom. The number of aromatic nitrogens is 4. The fourth-order valence-corrected chi connectivity index (χ4v) is 2.27. The van der Waals surface area contributed by atoms with Crippen LogP contribution in [0.2, 0.25) is 5.02 Å². The number of carbonyl (C=O) groups excluding carboxylic acids is 1. The maximum absolute atomic E-state index is 12.2. The molecule has 0 bridgehead atoms. The summed E-state index contributed by atoms with van der Waals surface area (Å²) in [7, 11) is 0. The van der Waals surface area contributed by atoms with Gasteiger partial charge in [0, 0.05) is 6.54 Å². The molecule has 23 heavy (non-hydrogen) atoms. The monoisotopic (exact) mass is 340 g/mol. The van der Waals surface area contributed by atoms with E-state index in [1.807, 2.05) is 0 Å². The average molecular weight is 341 g/mol. The summed E-state index contributed by atoms with van der Waals surface area (Å²) in [6, 6.07) is -0.506. The number of nitrogens with one attached hydrogen (secondary N) is 1. The first-order valence-corrected chi connectivity index (χ1v) is 7.34. The summed E-state index contributed by atoms with van der Waals surface area (Å²) in [5.74, 6) is -0.214. The first-order valence-electron chi connectivity index (χ1n) is 6.97. The summed E-state index contributed by atoms with van der Waals surface area (Å²) in [4.78, 5) is 22.2. The number of carbonyl (C=O) groups is 1. The molecule has 1 N–H and O–H groups in total. The van der Waals surface area contributed by atoms with Gasteiger partial charge < -0.3 is 5.32 Å². The van der Waals surface area contributed by atoms with Crippen LogP contribution in [-0.4, -0.2) is 36.9 Å². The van der Waals surface area contributed by atoms with Crippen LogP contribution >= 0.6 is 11.6 Å². The lowest BCUT2D eigenvalue weighted by atomic mass is 10.3. The van der Waals surface area contributed by atoms with Gasteiger partial charge in [-0.25, -0.2) is 0 Å². The Morgan fingerprint density at radius 2 is 2.22 bits per heavy atom. The molecular weight excluding hydrogens is 324 g/mol. The number of amides is 1. The molecule has 0 saturated heterocycles. The number of nitro groups is 1. The van der Waals surface area contributed by atoms with E-state index in [9.17, 15) is 14.9 Å². The standard InChI is InChI=1S/C13H17ClN6O3/c1-8-12(14)9(2)19(17-8)10(3)13(21)15-4-5-18-7-11(6-16-18)20(22)23/h6-7,10H,4-5H2,1-3H3,(H,15,21). The van der Waals surface area contributed by atoms with Gasteiger partial charge in [0.1, 0.15) is 18.4 Å². The number of hydrogen-bond donors (Lipinski definition) is 1. The summed E-state index contributed by atoms with van der Waals surface area (Å²) in [5.41, 5.74) is 1.32. The van der Waals surface area contributed by atoms with Crippen molar-refractivity contribution in [1.82, 2.24) is 24.9 Å². The Balaban J connectivity index is 1.91. The summed E-state index contributed by atoms with van der Waals surface area (Å²) in [5, 5.41) is 22.0. The van der Waals surface area contributed by atoms with Gasteiger partial charge in [-0.1, -0.05) is 11.6 Å². The average Bonchev–Trinajstić information content (AvgIpc) is 3.07. The molecule has 1 atom stereocenters. The van der Waals surface area contributed by atoms with Crippen molar-refractivity contribution in [2.24, 2.45) is 0 Å². The number of rotatable bonds is 6. The molecule has 0 aliphatic heterocycles. The summed E-state index contributed by atoms with van der Waals surface area (Å²) >= 11 is 6.08. The molecule has 0 saturated carbocycles. The summed E-state index contributed by atoms with van der Waals surface area (Å²) in [6.45, 7) is 5.94. The zero-order chi connectivity index (χ0) is 17.1. The van der Waals surface area contributed by atoms with Gasteiger partial charge in [-0.05, 0) is 20.8 Å². The van der Waals surface area contributed by atoms with Crippen molar-refractivity contribution in [3.05, 3.63) is 38.9 Å². The molecule has 0 aliphatic carbocycles. The molecule has 0 spiro atoms. The molecule has 2 aromatic heterocycles. The normalized spacial score (nSPS) is 12.2. The third-order valence-electron chi connectivity index (χ3n) is 3.45. The highest BCUT2D eigenvalue weighted by Crippen LogP contribution is 2.22. The van der Waals surface area contributed by atoms with Crippen LogP contribution in [0.3, 0.4) is 0 Å². The topological polar surface area (TPSA) is 108 Å². The van der Waals surface area contributed by atoms with Gasteiger partial charge in [0.25, 0.3) is 0 Å². The van der Waals surface area contributed by atoms with Gasteiger partial charge in [0.2, 0.25) is 5.91 Å². The van der Waals surface area contributed by atoms with Crippen LogP contribution < -0.4 is 5.32 Å². The van der Waals surface area contributed by atoms with Crippen molar-refractivity contribution in [2.75, 3.05) is 6.54 Å². The van der Waals surface area contributed by atoms with Crippen LogP contribution in [0.25, 0.3) is 0 Å². The molecule has 0 aliphatic rings. The SMILES string of the molecule is Cc1nn(C(C)C(=O)NCCn2cc([N+](=O)[O-])cn2)c(C)c1Cl. The smallest absolute Gasteiger partial charge is 0.306 e. The van der Waals surface area contributed by atoms with E-state index in [0.29, 0.717) is 23.8 Å². The Kier molecular flexibility index (Phi) is 4.99. The maximum Gasteiger partial charge on any atom is 0.306 e. The molecule has 0 radical (unpaired) electrons. The fraction of sp³-hybridized carbons (Fsp3) is 0.462. The molecule has 9 nitrogen and oxygen atoms in total. The number of aryl methyl sites for hydroxylation is 1. The van der Waals surface area contributed by atoms with Crippen molar-refractivity contribution in [3.8, 4) is 0 Å². The van der Waals surface area contributed by atoms with Crippen molar-refractivity contribution >= 4 is 23.2 Å². The third kappa shape index (κ3) is 3.67. The largest absolute Gasteiger partial charge is 0.352 e. The van der Waals surface area contributed by atoms with Crippen molar-refractivity contribution in [3.63, 3.8) is 0 Å². The van der Waals surface area contributed by atoms with Crippen LogP contribution in [0, 0.1) is 24.0 Å². The molecule has 124 valence electrons. The Bertz CT molecular complexity index is 738. The van der Waals surface area contributed by atoms with Gasteiger partial charge in [-0.2, -0.15) is 10.2 Å². The van der Waals surface area contributed by atoms with Crippen LogP contribution in [0.4, 0.5) is 5.69 Å². The molecular formula is C13H17ClN6O3. The molecule has 2 aromatic rings. The quantitative estimate of drug-likeness (QED) is 0.635. The Labute approximate surface area is 137 Å². The second kappa shape index (κ2) is 6.78. The van der Waals surface area contributed by atoms with Crippen molar-refractivity contribution in [1.29, 1.82) is 0 Å². The van der Waals surface area contributed by atoms with Gasteiger partial charge in [0.05, 0.1) is 27.9 Å². The molecule has 10 heteroatoms. The number of nitrogens with zero attached hydrogens (tertiary/aromatic N) is 5. The van der Waals surface area contributed by atoms with Crippen LogP contribution in [0.15, 0.2) is 12.4 Å². The van der Waals surface area contributed by atoms with E-state index in [-0.39, 0.29) is 11.6 Å². The number of halogens is 1. The van der Waals surface area contributed by atoms with Gasteiger partial charge in [-0.15, -0.1) is 0 Å². The predicted octanol–water partition coefficient (Wildman–Crippen LogP) is 1.64. The second-order valence-electron chi connectivity index (χ2n) is 5.12. The van der Waals surface area contributed by atoms with Crippen molar-refractivity contribution in [2.45, 2.75) is 33.4 Å². The lowest BCUT2D eigenvalue weighted by Gasteiger charge is -2.14. The van der Waals surface area contributed by atoms with Gasteiger partial charge in [-0.3, -0.25) is 24.3 Å². The first-order chi connectivity index (χ1) is 10.8. The fourth-order valence-electron chi connectivity index (χ4n) is 2.14. The van der Waals surface area contributed by atoms with Gasteiger partial charge in [0.15, 0.2) is 0 Å². The zero-order valence-corrected chi connectivity index (χ0v) is 13.7. The lowest BCUT2D eigenvalue weighted by molar-refractivity contribution is -0.385. The molecule has 1 amide bonds. The van der Waals surface area contributed by atoms with E-state index in [2.05, 4.69) is 15.5 Å². The van der Waals surface area contributed by atoms with E-state index >= 15 is 0 Å². The molecule has 0 fully saturated rings. The highest BCUT2D eigenvalue weighted by Gasteiger charge is 2.20. The number of hydrogen-bond acceptors (Lipinski definition) is 5. The van der Waals surface area contributed by atoms with E-state index in [1.165, 1.54) is 17.1 Å². The van der Waals surface area contributed by atoms with Crippen LogP contribution in [0.1, 0.15) is 24.4 Å². The van der Waals surface area contributed by atoms with E-state index in [1.54, 1.807) is 25.5 Å². The molecule has 1 unspecified atom stereocenters. The van der Waals surface area contributed by atoms with Crippen LogP contribution in [-0.2, 0) is 11.3 Å². The van der Waals surface area contributed by atoms with Crippen molar-refractivity contribution < 1.29 is 9.72 Å². The minimum absolute atomic E-state index is 0.0815. The minimum atomic E-state index is -0.517. The zero-order valence-electron chi connectivity index (χ0n) is 13.0. The van der Waals surface area contributed by atoms with E-state index < -0.39 is 11.0 Å². The summed E-state index contributed by atoms with van der Waals surface area (Å²) in [6.07, 6.45) is 2.48. The Hall–Kier alpha value is -2.42. The highest BCUT2D eigenvalue weighted by atomic mass is 35.5. The maximum atomic E-state index is 12.2. The predicted molar refractivity (Wildman–Crippen MR) is 83.3 cm³/mol. The third-order valence-corrected chi connectivity index (χ3v) is 4.00. The molecule has 0 aromatic carbocycles. The van der Waals surface area contributed by atoms with E-state index in [4.69, 9.17) is 11.6 Å². The minimum Gasteiger partial charge on any atom is -0.352 e. The van der Waals surface area contributed by atoms with E-state index in [0.717, 1.165) is 5.69 Å². The van der Waals surface area contributed by atoms with Crippen LogP contribution in [0.5, 0.6) is 0 Å². The Morgan fingerprint density at radius 3 is 2.74 bits per heavy atom.